The number of rotatable bonds is 2. The number of hydrogen-bond donors (Lipinski definition) is 0. The van der Waals surface area contributed by atoms with Gasteiger partial charge in [0.25, 0.3) is 5.56 Å². The van der Waals surface area contributed by atoms with Crippen molar-refractivity contribution in [2.45, 2.75) is 25.3 Å². The Morgan fingerprint density at radius 3 is 3.06 bits per heavy atom. The largest absolute Gasteiger partial charge is 0.489 e. The van der Waals surface area contributed by atoms with Crippen LogP contribution in [0.25, 0.3) is 0 Å². The molecule has 0 aromatic carbocycles. The Labute approximate surface area is 98.5 Å². The van der Waals surface area contributed by atoms with Gasteiger partial charge in [-0.15, -0.1) is 0 Å². The van der Waals surface area contributed by atoms with E-state index < -0.39 is 0 Å². The molecular weight excluding hydrogens is 228 g/mol. The lowest BCUT2D eigenvalue weighted by Gasteiger charge is -2.19. The van der Waals surface area contributed by atoms with Crippen LogP contribution in [-0.2, 0) is 0 Å². The molecule has 1 aliphatic carbocycles. The van der Waals surface area contributed by atoms with Gasteiger partial charge >= 0.3 is 0 Å². The molecule has 86 valence electrons. The summed E-state index contributed by atoms with van der Waals surface area (Å²) >= 11 is 5.77. The topological polar surface area (TPSA) is 44.1 Å². The predicted octanol–water partition coefficient (Wildman–Crippen LogP) is 2.19. The van der Waals surface area contributed by atoms with E-state index in [1.54, 1.807) is 4.57 Å². The average molecular weight is 241 g/mol. The van der Waals surface area contributed by atoms with Crippen molar-refractivity contribution in [1.29, 1.82) is 0 Å². The SMILES string of the molecule is COc1c(Cl)ncn(C2C=CCCC2)c1=O. The molecule has 5 heteroatoms. The molecule has 1 aliphatic rings. The van der Waals surface area contributed by atoms with Gasteiger partial charge in [-0.3, -0.25) is 9.36 Å². The highest BCUT2D eigenvalue weighted by Crippen LogP contribution is 2.22. The minimum atomic E-state index is -0.223. The molecule has 2 rings (SSSR count). The van der Waals surface area contributed by atoms with Gasteiger partial charge in [0.15, 0.2) is 5.15 Å². The van der Waals surface area contributed by atoms with Crippen molar-refractivity contribution in [3.05, 3.63) is 34.0 Å². The molecule has 1 unspecified atom stereocenters. The molecule has 0 amide bonds. The van der Waals surface area contributed by atoms with Gasteiger partial charge in [0, 0.05) is 0 Å². The number of hydrogen-bond acceptors (Lipinski definition) is 3. The first-order chi connectivity index (χ1) is 7.74. The molecule has 0 aliphatic heterocycles. The van der Waals surface area contributed by atoms with Gasteiger partial charge in [-0.05, 0) is 19.3 Å². The maximum Gasteiger partial charge on any atom is 0.297 e. The van der Waals surface area contributed by atoms with Crippen molar-refractivity contribution >= 4 is 11.6 Å². The molecule has 0 fully saturated rings. The first kappa shape index (κ1) is 11.2. The highest BCUT2D eigenvalue weighted by Gasteiger charge is 2.16. The van der Waals surface area contributed by atoms with E-state index in [-0.39, 0.29) is 22.5 Å². The van der Waals surface area contributed by atoms with Crippen LogP contribution in [0.2, 0.25) is 5.15 Å². The van der Waals surface area contributed by atoms with Crippen molar-refractivity contribution in [1.82, 2.24) is 9.55 Å². The molecule has 1 heterocycles. The number of allylic oxidation sites excluding steroid dienone is 2. The van der Waals surface area contributed by atoms with Crippen LogP contribution < -0.4 is 10.3 Å². The lowest BCUT2D eigenvalue weighted by molar-refractivity contribution is 0.392. The Kier molecular flexibility index (Phi) is 3.29. The van der Waals surface area contributed by atoms with E-state index in [0.717, 1.165) is 19.3 Å². The second-order valence-corrected chi connectivity index (χ2v) is 4.07. The lowest BCUT2D eigenvalue weighted by atomic mass is 10.0. The van der Waals surface area contributed by atoms with E-state index in [1.165, 1.54) is 13.4 Å². The first-order valence-corrected chi connectivity index (χ1v) is 5.59. The Balaban J connectivity index is 2.45. The summed E-state index contributed by atoms with van der Waals surface area (Å²) in [6.07, 6.45) is 8.69. The van der Waals surface area contributed by atoms with Crippen LogP contribution in [0.5, 0.6) is 5.75 Å². The quantitative estimate of drug-likeness (QED) is 0.588. The molecule has 0 radical (unpaired) electrons. The Hall–Kier alpha value is -1.29. The zero-order valence-corrected chi connectivity index (χ0v) is 9.78. The van der Waals surface area contributed by atoms with Crippen LogP contribution in [0.1, 0.15) is 25.3 Å². The van der Waals surface area contributed by atoms with E-state index in [0.29, 0.717) is 0 Å². The summed E-state index contributed by atoms with van der Waals surface area (Å²) in [5, 5.41) is 0.114. The summed E-state index contributed by atoms with van der Waals surface area (Å²) in [7, 11) is 1.42. The van der Waals surface area contributed by atoms with Crippen molar-refractivity contribution in [3.63, 3.8) is 0 Å². The third kappa shape index (κ3) is 1.97. The Morgan fingerprint density at radius 1 is 1.62 bits per heavy atom. The standard InChI is InChI=1S/C11H13ClN2O2/c1-16-9-10(12)13-7-14(11(9)15)8-5-3-2-4-6-8/h3,5,7-8H,2,4,6H2,1H3. The zero-order chi connectivity index (χ0) is 11.5. The Bertz CT molecular complexity index is 468. The maximum absolute atomic E-state index is 12.0. The van der Waals surface area contributed by atoms with Gasteiger partial charge < -0.3 is 4.74 Å². The third-order valence-corrected chi connectivity index (χ3v) is 2.97. The molecule has 1 aromatic heterocycles. The summed E-state index contributed by atoms with van der Waals surface area (Å²) in [6, 6.07) is 0.0694. The second kappa shape index (κ2) is 4.70. The van der Waals surface area contributed by atoms with Gasteiger partial charge in [0.05, 0.1) is 13.2 Å². The molecule has 16 heavy (non-hydrogen) atoms. The monoisotopic (exact) mass is 240 g/mol. The molecule has 1 atom stereocenters. The molecule has 0 N–H and O–H groups in total. The maximum atomic E-state index is 12.0. The number of nitrogens with zero attached hydrogens (tertiary/aromatic N) is 2. The number of aromatic nitrogens is 2. The van der Waals surface area contributed by atoms with Gasteiger partial charge in [0.1, 0.15) is 6.33 Å². The number of methoxy groups -OCH3 is 1. The minimum absolute atomic E-state index is 0.0694. The number of ether oxygens (including phenoxy) is 1. The van der Waals surface area contributed by atoms with Crippen LogP contribution in [0.3, 0.4) is 0 Å². The molecule has 4 nitrogen and oxygen atoms in total. The van der Waals surface area contributed by atoms with Crippen LogP contribution in [0.4, 0.5) is 0 Å². The first-order valence-electron chi connectivity index (χ1n) is 5.21. The lowest BCUT2D eigenvalue weighted by Crippen LogP contribution is -2.26. The predicted molar refractivity (Wildman–Crippen MR) is 62.1 cm³/mol. The molecule has 1 aromatic rings. The van der Waals surface area contributed by atoms with Crippen LogP contribution >= 0.6 is 11.6 Å². The second-order valence-electron chi connectivity index (χ2n) is 3.71. The van der Waals surface area contributed by atoms with E-state index in [9.17, 15) is 4.79 Å². The summed E-state index contributed by atoms with van der Waals surface area (Å²) in [5.41, 5.74) is -0.223. The summed E-state index contributed by atoms with van der Waals surface area (Å²) in [6.45, 7) is 0. The summed E-state index contributed by atoms with van der Waals surface area (Å²) in [5.74, 6) is 0.114. The highest BCUT2D eigenvalue weighted by atomic mass is 35.5. The normalized spacial score (nSPS) is 19.8. The fourth-order valence-electron chi connectivity index (χ4n) is 1.86. The Morgan fingerprint density at radius 2 is 2.44 bits per heavy atom. The van der Waals surface area contributed by atoms with Gasteiger partial charge in [-0.1, -0.05) is 23.8 Å². The summed E-state index contributed by atoms with van der Waals surface area (Å²) < 4.78 is 6.53. The third-order valence-electron chi connectivity index (χ3n) is 2.70. The van der Waals surface area contributed by atoms with E-state index in [2.05, 4.69) is 11.1 Å². The minimum Gasteiger partial charge on any atom is -0.489 e. The van der Waals surface area contributed by atoms with Gasteiger partial charge in [-0.25, -0.2) is 4.98 Å². The fourth-order valence-corrected chi connectivity index (χ4v) is 2.07. The summed E-state index contributed by atoms with van der Waals surface area (Å²) in [4.78, 5) is 16.0. The molecule has 0 spiro atoms. The van der Waals surface area contributed by atoms with E-state index >= 15 is 0 Å². The molecule has 0 saturated heterocycles. The molecule has 0 bridgehead atoms. The van der Waals surface area contributed by atoms with Crippen molar-refractivity contribution in [2.75, 3.05) is 7.11 Å². The van der Waals surface area contributed by atoms with E-state index in [1.807, 2.05) is 6.08 Å². The smallest absolute Gasteiger partial charge is 0.297 e. The zero-order valence-electron chi connectivity index (χ0n) is 9.02. The van der Waals surface area contributed by atoms with Crippen molar-refractivity contribution in [3.8, 4) is 5.75 Å². The van der Waals surface area contributed by atoms with E-state index in [4.69, 9.17) is 16.3 Å². The number of halogens is 1. The average Bonchev–Trinajstić information content (AvgIpc) is 2.31. The van der Waals surface area contributed by atoms with Crippen LogP contribution in [0, 0.1) is 0 Å². The van der Waals surface area contributed by atoms with Crippen LogP contribution in [-0.4, -0.2) is 16.7 Å². The van der Waals surface area contributed by atoms with Gasteiger partial charge in [0.2, 0.25) is 5.75 Å². The molecular formula is C11H13ClN2O2. The fraction of sp³-hybridized carbons (Fsp3) is 0.455. The van der Waals surface area contributed by atoms with Gasteiger partial charge in [-0.2, -0.15) is 0 Å². The highest BCUT2D eigenvalue weighted by molar-refractivity contribution is 6.30. The van der Waals surface area contributed by atoms with Crippen molar-refractivity contribution in [2.24, 2.45) is 0 Å². The molecule has 0 saturated carbocycles. The van der Waals surface area contributed by atoms with Crippen molar-refractivity contribution < 1.29 is 4.74 Å². The van der Waals surface area contributed by atoms with Crippen LogP contribution in [0.15, 0.2) is 23.3 Å².